The molecule has 89 heavy (non-hydrogen) atoms. The van der Waals surface area contributed by atoms with Crippen LogP contribution in [0.15, 0.2) is 205 Å². The minimum Gasteiger partial charge on any atom is -0.537 e. The summed E-state index contributed by atoms with van der Waals surface area (Å²) in [4.78, 5) is 11.1. The highest BCUT2D eigenvalue weighted by Crippen LogP contribution is 2.64. The van der Waals surface area contributed by atoms with Crippen LogP contribution in [0.25, 0.3) is 66.8 Å². The molecule has 0 bridgehead atoms. The number of hydrogen-bond acceptors (Lipinski definition) is 10. The molecule has 0 saturated carbocycles. The maximum absolute atomic E-state index is 8.15. The van der Waals surface area contributed by atoms with Gasteiger partial charge in [-0.2, -0.15) is 0 Å². The third-order valence-corrected chi connectivity index (χ3v) is 21.6. The molecule has 0 fully saturated rings. The smallest absolute Gasteiger partial charge is 0.537 e. The van der Waals surface area contributed by atoms with Crippen molar-refractivity contribution in [1.82, 2.24) is 0 Å². The Kier molecular flexibility index (Phi) is 9.26. The van der Waals surface area contributed by atoms with E-state index in [-0.39, 0.29) is 17.0 Å². The van der Waals surface area contributed by atoms with Gasteiger partial charge < -0.3 is 42.5 Å². The van der Waals surface area contributed by atoms with E-state index in [1.54, 1.807) is 0 Å². The average molecular weight is 1160 g/mol. The summed E-state index contributed by atoms with van der Waals surface area (Å²) < 4.78 is 39.7. The Morgan fingerprint density at radius 2 is 0.697 bits per heavy atom. The fraction of sp³-hybridized carbons (Fsp3) is 0.108. The average Bonchev–Trinajstić information content (AvgIpc) is 0.659. The van der Waals surface area contributed by atoms with Gasteiger partial charge in [0, 0.05) is 122 Å². The van der Waals surface area contributed by atoms with E-state index < -0.39 is 28.3 Å². The molecule has 0 spiro atoms. The van der Waals surface area contributed by atoms with E-state index in [1.165, 1.54) is 21.5 Å². The second-order valence-electron chi connectivity index (χ2n) is 27.1. The summed E-state index contributed by atoms with van der Waals surface area (Å²) in [5.74, 6) is 4.09. The number of para-hydroxylation sites is 6. The standard InChI is InChI=1S/C74H51B5N4O5S/c1-73(2,3)40-35-52-60-53(36-40)85-76-67-62(60)66-56(46-31-19-21-33-48(46)80(75(66)84-52)42-23-11-7-12-24-42)71-64(67)58-50(81(76)43-25-13-8-14-26-43)39-51-59-65-68-63-61-54(86-77(68)82(51)44-27-15-9-16-28-44)37-41(74(4,5)6)38-55(61)89-78-69(63)57(72(65)88-79(87-71)70(58)59)47-32-20-22-34-49(47)83(78)45-29-17-10-18-30-45/h7-39H,1-6H3. The van der Waals surface area contributed by atoms with Crippen molar-refractivity contribution in [2.45, 2.75) is 57.3 Å². The maximum atomic E-state index is 8.15. The van der Waals surface area contributed by atoms with Crippen LogP contribution in [0.1, 0.15) is 52.7 Å². The van der Waals surface area contributed by atoms with Crippen molar-refractivity contribution in [2.24, 2.45) is 0 Å². The van der Waals surface area contributed by atoms with E-state index >= 15 is 0 Å². The molecular weight excluding hydrogens is 1110 g/mol. The Balaban J connectivity index is 0.941. The molecular formula is C74H51B5N4O5S. The van der Waals surface area contributed by atoms with Crippen molar-refractivity contribution < 1.29 is 23.3 Å². The molecule has 10 heterocycles. The molecule has 0 N–H and O–H groups in total. The van der Waals surface area contributed by atoms with Crippen LogP contribution in [0.5, 0.6) is 28.7 Å². The molecule has 0 radical (unpaired) electrons. The van der Waals surface area contributed by atoms with Crippen LogP contribution >= 0.6 is 11.6 Å². The van der Waals surface area contributed by atoms with E-state index in [4.69, 9.17) is 23.3 Å². The van der Waals surface area contributed by atoms with Crippen LogP contribution in [0.4, 0.5) is 45.5 Å². The molecule has 0 unspecified atom stereocenters. The predicted molar refractivity (Wildman–Crippen MR) is 367 cm³/mol. The minimum atomic E-state index is -0.898. The second kappa shape index (κ2) is 16.7. The number of fused-ring (bicyclic) bond motifs is 6. The summed E-state index contributed by atoms with van der Waals surface area (Å²) in [5, 5.41) is 0. The molecule has 15 heteroatoms. The van der Waals surface area contributed by atoms with Gasteiger partial charge in [-0.05, 0) is 130 Å². The lowest BCUT2D eigenvalue weighted by molar-refractivity contribution is 0.437. The third-order valence-electron chi connectivity index (χ3n) is 20.3. The van der Waals surface area contributed by atoms with Crippen molar-refractivity contribution in [3.05, 3.63) is 211 Å². The lowest BCUT2D eigenvalue weighted by Crippen LogP contribution is -2.66. The van der Waals surface area contributed by atoms with Crippen molar-refractivity contribution in [2.75, 3.05) is 19.2 Å². The highest BCUT2D eigenvalue weighted by atomic mass is 32.2. The fourth-order valence-corrected chi connectivity index (χ4v) is 18.0. The van der Waals surface area contributed by atoms with Gasteiger partial charge >= 0.3 is 34.4 Å². The van der Waals surface area contributed by atoms with Gasteiger partial charge in [0.15, 0.2) is 0 Å². The van der Waals surface area contributed by atoms with E-state index in [0.717, 1.165) is 163 Å². The van der Waals surface area contributed by atoms with Gasteiger partial charge in [-0.25, -0.2) is 0 Å². The molecule has 11 aromatic rings. The number of nitrogens with zero attached hydrogens (tertiary/aromatic N) is 4. The van der Waals surface area contributed by atoms with E-state index in [9.17, 15) is 0 Å². The maximum Gasteiger partial charge on any atom is 0.634 e. The fourth-order valence-electron chi connectivity index (χ4n) is 16.6. The summed E-state index contributed by atoms with van der Waals surface area (Å²) >= 11 is 1.92. The first-order chi connectivity index (χ1) is 43.5. The van der Waals surface area contributed by atoms with E-state index in [0.29, 0.717) is 0 Å². The molecule has 10 aliphatic rings. The Hall–Kier alpha value is -9.71. The topological polar surface area (TPSA) is 59.1 Å². The van der Waals surface area contributed by atoms with Crippen LogP contribution < -0.4 is 69.8 Å². The first-order valence-corrected chi connectivity index (χ1v) is 32.0. The van der Waals surface area contributed by atoms with Gasteiger partial charge in [-0.15, -0.1) is 11.6 Å². The van der Waals surface area contributed by atoms with E-state index in [1.807, 2.05) is 11.6 Å². The summed E-state index contributed by atoms with van der Waals surface area (Å²) in [6, 6.07) is 72.9. The Bertz CT molecular complexity index is 4770. The van der Waals surface area contributed by atoms with Crippen LogP contribution in [-0.2, 0) is 10.8 Å². The van der Waals surface area contributed by atoms with Crippen molar-refractivity contribution in [1.29, 1.82) is 0 Å². The van der Waals surface area contributed by atoms with Crippen LogP contribution in [0.3, 0.4) is 0 Å². The highest BCUT2D eigenvalue weighted by molar-refractivity contribution is 8.27. The molecule has 10 aliphatic heterocycles. The van der Waals surface area contributed by atoms with Crippen molar-refractivity contribution >= 4 is 119 Å². The van der Waals surface area contributed by atoms with Gasteiger partial charge in [0.25, 0.3) is 0 Å². The lowest BCUT2D eigenvalue weighted by Gasteiger charge is -2.52. The monoisotopic (exact) mass is 1160 g/mol. The van der Waals surface area contributed by atoms with Gasteiger partial charge in [-0.3, -0.25) is 0 Å². The summed E-state index contributed by atoms with van der Waals surface area (Å²) in [6.45, 7) is 13.7. The van der Waals surface area contributed by atoms with Crippen LogP contribution in [-0.4, -0.2) is 34.4 Å². The molecule has 9 nitrogen and oxygen atoms in total. The second-order valence-corrected chi connectivity index (χ2v) is 28.3. The first kappa shape index (κ1) is 49.3. The first-order valence-electron chi connectivity index (χ1n) is 31.1. The molecule has 11 aromatic carbocycles. The molecule has 0 aromatic heterocycles. The van der Waals surface area contributed by atoms with Crippen LogP contribution in [0.2, 0.25) is 0 Å². The molecule has 21 rings (SSSR count). The zero-order chi connectivity index (χ0) is 58.8. The predicted octanol–water partition coefficient (Wildman–Crippen LogP) is 14.4. The Morgan fingerprint density at radius 1 is 0.315 bits per heavy atom. The van der Waals surface area contributed by atoms with Crippen LogP contribution in [0, 0.1) is 0 Å². The van der Waals surface area contributed by atoms with Gasteiger partial charge in [0.1, 0.15) is 28.7 Å². The molecule has 0 saturated heterocycles. The Morgan fingerprint density at radius 3 is 1.18 bits per heavy atom. The molecule has 0 atom stereocenters. The highest BCUT2D eigenvalue weighted by Gasteiger charge is 2.63. The summed E-state index contributed by atoms with van der Waals surface area (Å²) in [7, 11) is -2.71. The largest absolute Gasteiger partial charge is 0.634 e. The quantitative estimate of drug-likeness (QED) is 0.159. The van der Waals surface area contributed by atoms with Gasteiger partial charge in [0.05, 0.1) is 5.56 Å². The number of anilines is 8. The number of hydrogen-bond donors (Lipinski definition) is 0. The van der Waals surface area contributed by atoms with Crippen molar-refractivity contribution in [3.8, 4) is 95.5 Å². The number of benzene rings is 11. The molecule has 0 amide bonds. The SMILES string of the molecule is CC(C)(C)c1cc2c3c(c1)OB1c4c5c(c6c(c4-3)B(O2)N(c2ccccc2)c2ccccc2-6)OB2Oc3c4c6c7c8c3-c3c(cc(c-5c32)N1c1ccccc1)N(c1ccccc1)B8Oc1cc(C(C)(C)C)cc(c1-7)SB6N(c1ccccc1)c1ccccc1-4. The third kappa shape index (κ3) is 6.15. The van der Waals surface area contributed by atoms with Gasteiger partial charge in [0.2, 0.25) is 0 Å². The summed E-state index contributed by atoms with van der Waals surface area (Å²) in [5.41, 5.74) is 28.9. The van der Waals surface area contributed by atoms with E-state index in [2.05, 4.69) is 261 Å². The molecule has 418 valence electrons. The van der Waals surface area contributed by atoms with Crippen molar-refractivity contribution in [3.63, 3.8) is 0 Å². The normalized spacial score (nSPS) is 15.7. The lowest BCUT2D eigenvalue weighted by atomic mass is 9.48. The summed E-state index contributed by atoms with van der Waals surface area (Å²) in [6.07, 6.45) is -0.171. The zero-order valence-electron chi connectivity index (χ0n) is 49.7. The zero-order valence-corrected chi connectivity index (χ0v) is 50.5. The molecule has 0 aliphatic carbocycles. The van der Waals surface area contributed by atoms with Gasteiger partial charge in [-0.1, -0.05) is 151 Å². The minimum absolute atomic E-state index is 0.166. The Labute approximate surface area is 522 Å². The number of rotatable bonds is 4.